The van der Waals surface area contributed by atoms with Crippen LogP contribution in [-0.4, -0.2) is 19.9 Å². The molecule has 3 rings (SSSR count). The fourth-order valence-corrected chi connectivity index (χ4v) is 2.25. The number of alkyl halides is 3. The average Bonchev–Trinajstić information content (AvgIpc) is 2.96. The number of anilines is 1. The van der Waals surface area contributed by atoms with Crippen molar-refractivity contribution in [2.24, 2.45) is 0 Å². The molecule has 0 atom stereocenters. The molecular formula is C13H8ClF4N5. The number of H-pyrrole nitrogens is 1. The Labute approximate surface area is 131 Å². The Morgan fingerprint density at radius 2 is 1.96 bits per heavy atom. The van der Waals surface area contributed by atoms with Gasteiger partial charge in [-0.2, -0.15) is 13.2 Å². The molecule has 120 valence electrons. The number of benzene rings is 1. The van der Waals surface area contributed by atoms with E-state index in [4.69, 9.17) is 11.6 Å². The van der Waals surface area contributed by atoms with Crippen LogP contribution >= 0.6 is 11.6 Å². The Kier molecular flexibility index (Phi) is 3.80. The van der Waals surface area contributed by atoms with E-state index >= 15 is 0 Å². The molecule has 0 aliphatic heterocycles. The number of imidazole rings is 1. The first-order valence-electron chi connectivity index (χ1n) is 6.29. The Bertz CT molecular complexity index is 861. The first-order valence-corrected chi connectivity index (χ1v) is 6.67. The van der Waals surface area contributed by atoms with Crippen LogP contribution in [0.3, 0.4) is 0 Å². The molecule has 23 heavy (non-hydrogen) atoms. The third-order valence-electron chi connectivity index (χ3n) is 3.09. The van der Waals surface area contributed by atoms with E-state index < -0.39 is 22.6 Å². The largest absolute Gasteiger partial charge is 0.416 e. The van der Waals surface area contributed by atoms with Gasteiger partial charge < -0.3 is 10.3 Å². The first kappa shape index (κ1) is 15.5. The van der Waals surface area contributed by atoms with Gasteiger partial charge in [0.2, 0.25) is 0 Å². The highest BCUT2D eigenvalue weighted by Crippen LogP contribution is 2.33. The van der Waals surface area contributed by atoms with E-state index in [0.717, 1.165) is 0 Å². The van der Waals surface area contributed by atoms with Gasteiger partial charge >= 0.3 is 6.18 Å². The highest BCUT2D eigenvalue weighted by molar-refractivity contribution is 6.30. The predicted octanol–water partition coefficient (Wildman–Crippen LogP) is 3.78. The van der Waals surface area contributed by atoms with Crippen molar-refractivity contribution in [3.05, 3.63) is 46.8 Å². The maximum atomic E-state index is 13.9. The van der Waals surface area contributed by atoms with Gasteiger partial charge in [-0.05, 0) is 12.1 Å². The predicted molar refractivity (Wildman–Crippen MR) is 75.4 cm³/mol. The second kappa shape index (κ2) is 5.65. The summed E-state index contributed by atoms with van der Waals surface area (Å²) in [5.41, 5.74) is -0.406. The van der Waals surface area contributed by atoms with E-state index in [1.807, 2.05) is 0 Å². The Balaban J connectivity index is 1.91. The SMILES string of the molecule is Fc1c(Cl)cc(C(F)(F)F)cc1CNc1ncnc2[nH]cnc12. The van der Waals surface area contributed by atoms with Crippen molar-refractivity contribution in [2.45, 2.75) is 12.7 Å². The van der Waals surface area contributed by atoms with Gasteiger partial charge in [0.25, 0.3) is 0 Å². The Morgan fingerprint density at radius 1 is 1.17 bits per heavy atom. The van der Waals surface area contributed by atoms with Crippen LogP contribution in [0.1, 0.15) is 11.1 Å². The topological polar surface area (TPSA) is 66.5 Å². The van der Waals surface area contributed by atoms with E-state index in [9.17, 15) is 17.6 Å². The van der Waals surface area contributed by atoms with Crippen LogP contribution in [-0.2, 0) is 12.7 Å². The summed E-state index contributed by atoms with van der Waals surface area (Å²) >= 11 is 5.54. The van der Waals surface area contributed by atoms with Crippen LogP contribution in [0.4, 0.5) is 23.4 Å². The molecule has 5 nitrogen and oxygen atoms in total. The van der Waals surface area contributed by atoms with Gasteiger partial charge in [0.15, 0.2) is 11.5 Å². The molecule has 1 aromatic carbocycles. The van der Waals surface area contributed by atoms with Gasteiger partial charge in [0.05, 0.1) is 16.9 Å². The monoisotopic (exact) mass is 345 g/mol. The van der Waals surface area contributed by atoms with Gasteiger partial charge in [-0.3, -0.25) is 0 Å². The lowest BCUT2D eigenvalue weighted by Gasteiger charge is -2.12. The van der Waals surface area contributed by atoms with Crippen molar-refractivity contribution in [3.63, 3.8) is 0 Å². The normalized spacial score (nSPS) is 11.9. The van der Waals surface area contributed by atoms with E-state index in [-0.39, 0.29) is 17.9 Å². The number of aromatic nitrogens is 4. The molecule has 0 radical (unpaired) electrons. The molecule has 0 unspecified atom stereocenters. The van der Waals surface area contributed by atoms with E-state index in [1.54, 1.807) is 0 Å². The molecule has 0 aliphatic carbocycles. The number of fused-ring (bicyclic) bond motifs is 1. The second-order valence-electron chi connectivity index (χ2n) is 4.60. The third kappa shape index (κ3) is 3.04. The molecule has 2 heterocycles. The maximum Gasteiger partial charge on any atom is 0.416 e. The number of hydrogen-bond donors (Lipinski definition) is 2. The fraction of sp³-hybridized carbons (Fsp3) is 0.154. The zero-order valence-corrected chi connectivity index (χ0v) is 12.0. The lowest BCUT2D eigenvalue weighted by molar-refractivity contribution is -0.137. The summed E-state index contributed by atoms with van der Waals surface area (Å²) in [6.45, 7) is -0.242. The molecule has 2 aromatic heterocycles. The number of hydrogen-bond acceptors (Lipinski definition) is 4. The van der Waals surface area contributed by atoms with Crippen molar-refractivity contribution in [2.75, 3.05) is 5.32 Å². The lowest BCUT2D eigenvalue weighted by Crippen LogP contribution is -2.10. The molecule has 0 saturated carbocycles. The van der Waals surface area contributed by atoms with Crippen molar-refractivity contribution < 1.29 is 17.6 Å². The summed E-state index contributed by atoms with van der Waals surface area (Å²) in [4.78, 5) is 14.6. The van der Waals surface area contributed by atoms with Gasteiger partial charge in [0, 0.05) is 12.1 Å². The number of nitrogens with zero attached hydrogens (tertiary/aromatic N) is 3. The minimum absolute atomic E-state index is 0.230. The van der Waals surface area contributed by atoms with E-state index in [2.05, 4.69) is 25.3 Å². The van der Waals surface area contributed by atoms with Crippen molar-refractivity contribution in [1.82, 2.24) is 19.9 Å². The number of halogens is 5. The van der Waals surface area contributed by atoms with E-state index in [1.165, 1.54) is 12.7 Å². The number of rotatable bonds is 3. The summed E-state index contributed by atoms with van der Waals surface area (Å²) in [5.74, 6) is -0.649. The number of aromatic amines is 1. The maximum absolute atomic E-state index is 13.9. The molecule has 0 bridgehead atoms. The van der Waals surface area contributed by atoms with Gasteiger partial charge in [0.1, 0.15) is 17.7 Å². The fourth-order valence-electron chi connectivity index (χ4n) is 2.01. The van der Waals surface area contributed by atoms with Crippen LogP contribution in [0, 0.1) is 5.82 Å². The Morgan fingerprint density at radius 3 is 2.70 bits per heavy atom. The summed E-state index contributed by atoms with van der Waals surface area (Å²) in [6.07, 6.45) is -1.97. The minimum atomic E-state index is -4.61. The zero-order chi connectivity index (χ0) is 16.6. The molecule has 0 spiro atoms. The zero-order valence-electron chi connectivity index (χ0n) is 11.2. The Hall–Kier alpha value is -2.42. The quantitative estimate of drug-likeness (QED) is 0.709. The minimum Gasteiger partial charge on any atom is -0.364 e. The van der Waals surface area contributed by atoms with Crippen LogP contribution in [0.15, 0.2) is 24.8 Å². The third-order valence-corrected chi connectivity index (χ3v) is 3.37. The van der Waals surface area contributed by atoms with Gasteiger partial charge in [-0.15, -0.1) is 0 Å². The molecule has 0 amide bonds. The highest BCUT2D eigenvalue weighted by Gasteiger charge is 2.32. The highest BCUT2D eigenvalue weighted by atomic mass is 35.5. The van der Waals surface area contributed by atoms with Crippen molar-refractivity contribution in [3.8, 4) is 0 Å². The van der Waals surface area contributed by atoms with Crippen LogP contribution in [0.2, 0.25) is 5.02 Å². The molecule has 3 aromatic rings. The summed E-state index contributed by atoms with van der Waals surface area (Å²) in [6, 6.07) is 1.26. The molecule has 2 N–H and O–H groups in total. The van der Waals surface area contributed by atoms with Gasteiger partial charge in [-0.1, -0.05) is 11.6 Å². The van der Waals surface area contributed by atoms with Crippen LogP contribution in [0.5, 0.6) is 0 Å². The van der Waals surface area contributed by atoms with Crippen molar-refractivity contribution in [1.29, 1.82) is 0 Å². The second-order valence-corrected chi connectivity index (χ2v) is 5.01. The average molecular weight is 346 g/mol. The molecule has 0 saturated heterocycles. The van der Waals surface area contributed by atoms with Crippen molar-refractivity contribution >= 4 is 28.6 Å². The standard InChI is InChI=1S/C13H8ClF4N5/c14-8-2-7(13(16,17)18)1-6(9(8)15)3-19-11-10-12(21-4-20-10)23-5-22-11/h1-2,4-5H,3H2,(H2,19,20,21,22,23). The first-order chi connectivity index (χ1) is 10.9. The summed E-state index contributed by atoms with van der Waals surface area (Å²) < 4.78 is 52.3. The van der Waals surface area contributed by atoms with Crippen LogP contribution < -0.4 is 5.32 Å². The molecular weight excluding hydrogens is 338 g/mol. The lowest BCUT2D eigenvalue weighted by atomic mass is 10.1. The molecule has 0 fully saturated rings. The van der Waals surface area contributed by atoms with Crippen LogP contribution in [0.25, 0.3) is 11.2 Å². The summed E-state index contributed by atoms with van der Waals surface area (Å²) in [5, 5.41) is 2.14. The molecule has 10 heteroatoms. The summed E-state index contributed by atoms with van der Waals surface area (Å²) in [7, 11) is 0. The smallest absolute Gasteiger partial charge is 0.364 e. The number of nitrogens with one attached hydrogen (secondary N) is 2. The molecule has 0 aliphatic rings. The van der Waals surface area contributed by atoms with E-state index in [0.29, 0.717) is 23.3 Å². The van der Waals surface area contributed by atoms with Gasteiger partial charge in [-0.25, -0.2) is 19.3 Å².